The van der Waals surface area contributed by atoms with Crippen LogP contribution in [-0.2, 0) is 22.7 Å². The Kier molecular flexibility index (Phi) is 12.5. The maximum absolute atomic E-state index is 13.3. The largest absolute Gasteiger partial charge is 0.332 e. The lowest BCUT2D eigenvalue weighted by molar-refractivity contribution is -0.140. The number of benzene rings is 1. The summed E-state index contributed by atoms with van der Waals surface area (Å²) in [4.78, 5) is 30.4. The van der Waals surface area contributed by atoms with E-state index in [9.17, 15) is 14.0 Å². The molecule has 4 nitrogen and oxygen atoms in total. The normalized spacial score (nSPS) is 10.7. The van der Waals surface area contributed by atoms with Gasteiger partial charge in [0.1, 0.15) is 12.4 Å². The van der Waals surface area contributed by atoms with Gasteiger partial charge in [0, 0.05) is 24.4 Å². The highest BCUT2D eigenvalue weighted by atomic mass is 32.1. The van der Waals surface area contributed by atoms with E-state index in [-0.39, 0.29) is 24.2 Å². The monoisotopic (exact) mass is 472 g/mol. The van der Waals surface area contributed by atoms with Gasteiger partial charge in [-0.1, -0.05) is 69.7 Å². The van der Waals surface area contributed by atoms with E-state index in [1.54, 1.807) is 39.3 Å². The van der Waals surface area contributed by atoms with E-state index in [1.807, 2.05) is 17.5 Å². The fourth-order valence-corrected chi connectivity index (χ4v) is 4.42. The Morgan fingerprint density at radius 2 is 1.64 bits per heavy atom. The van der Waals surface area contributed by atoms with Gasteiger partial charge in [-0.3, -0.25) is 9.59 Å². The third-order valence-electron chi connectivity index (χ3n) is 5.59. The van der Waals surface area contributed by atoms with E-state index in [2.05, 4.69) is 13.5 Å². The van der Waals surface area contributed by atoms with Crippen molar-refractivity contribution in [3.8, 4) is 0 Å². The van der Waals surface area contributed by atoms with E-state index in [4.69, 9.17) is 0 Å². The van der Waals surface area contributed by atoms with Crippen molar-refractivity contribution in [3.05, 3.63) is 70.7 Å². The average Bonchev–Trinajstić information content (AvgIpc) is 3.32. The van der Waals surface area contributed by atoms with Gasteiger partial charge in [0.05, 0.1) is 6.54 Å². The van der Waals surface area contributed by atoms with Crippen LogP contribution in [0.1, 0.15) is 68.7 Å². The van der Waals surface area contributed by atoms with Crippen molar-refractivity contribution in [2.45, 2.75) is 71.4 Å². The van der Waals surface area contributed by atoms with E-state index in [0.29, 0.717) is 26.1 Å². The molecule has 1 aromatic heterocycles. The second kappa shape index (κ2) is 15.4. The van der Waals surface area contributed by atoms with Gasteiger partial charge < -0.3 is 9.80 Å². The zero-order valence-corrected chi connectivity index (χ0v) is 20.6. The summed E-state index contributed by atoms with van der Waals surface area (Å²) in [6.45, 7) is 7.16. The Morgan fingerprint density at radius 3 is 2.27 bits per heavy atom. The first kappa shape index (κ1) is 26.8. The first-order valence-corrected chi connectivity index (χ1v) is 12.8. The Hall–Kier alpha value is -2.47. The van der Waals surface area contributed by atoms with Crippen molar-refractivity contribution in [2.24, 2.45) is 0 Å². The molecule has 33 heavy (non-hydrogen) atoms. The van der Waals surface area contributed by atoms with Crippen LogP contribution < -0.4 is 0 Å². The molecule has 0 bridgehead atoms. The van der Waals surface area contributed by atoms with E-state index in [1.165, 1.54) is 37.8 Å². The first-order chi connectivity index (χ1) is 16.0. The molecule has 0 unspecified atom stereocenters. The number of halogens is 1. The van der Waals surface area contributed by atoms with Crippen molar-refractivity contribution in [1.29, 1.82) is 0 Å². The summed E-state index contributed by atoms with van der Waals surface area (Å²) in [5, 5.41) is 1.98. The number of amides is 2. The third kappa shape index (κ3) is 10.3. The van der Waals surface area contributed by atoms with E-state index < -0.39 is 0 Å². The molecule has 0 aliphatic carbocycles. The number of hydrogen-bond acceptors (Lipinski definition) is 3. The maximum Gasteiger partial charge on any atom is 0.242 e. The topological polar surface area (TPSA) is 40.6 Å². The first-order valence-electron chi connectivity index (χ1n) is 12.0. The summed E-state index contributed by atoms with van der Waals surface area (Å²) in [5.74, 6) is -0.430. The van der Waals surface area contributed by atoms with Gasteiger partial charge in [0.15, 0.2) is 0 Å². The second-order valence-corrected chi connectivity index (χ2v) is 9.42. The number of hydrogen-bond donors (Lipinski definition) is 0. The average molecular weight is 473 g/mol. The molecule has 0 atom stereocenters. The molecule has 0 spiro atoms. The molecular weight excluding hydrogens is 435 g/mol. The number of nitrogens with zero attached hydrogens (tertiary/aromatic N) is 2. The summed E-state index contributed by atoms with van der Waals surface area (Å²) in [7, 11) is 0. The summed E-state index contributed by atoms with van der Waals surface area (Å²) in [6.07, 6.45) is 10.1. The number of thiophene rings is 1. The lowest BCUT2D eigenvalue weighted by Gasteiger charge is -2.27. The minimum absolute atomic E-state index is 0.00494. The Morgan fingerprint density at radius 1 is 0.939 bits per heavy atom. The van der Waals surface area contributed by atoms with Gasteiger partial charge in [-0.2, -0.15) is 0 Å². The van der Waals surface area contributed by atoms with Crippen LogP contribution in [0.5, 0.6) is 0 Å². The Labute approximate surface area is 202 Å². The van der Waals surface area contributed by atoms with Crippen LogP contribution >= 0.6 is 11.3 Å². The highest BCUT2D eigenvalue weighted by molar-refractivity contribution is 7.09. The fraction of sp³-hybridized carbons (Fsp3) is 0.481. The summed E-state index contributed by atoms with van der Waals surface area (Å²) >= 11 is 1.59. The molecule has 0 aliphatic rings. The summed E-state index contributed by atoms with van der Waals surface area (Å²) < 4.78 is 13.3. The van der Waals surface area contributed by atoms with Gasteiger partial charge in [-0.25, -0.2) is 4.39 Å². The molecule has 0 N–H and O–H groups in total. The molecule has 0 saturated heterocycles. The lowest BCUT2D eigenvalue weighted by Crippen LogP contribution is -2.42. The Balaban J connectivity index is 1.95. The van der Waals surface area contributed by atoms with E-state index >= 15 is 0 Å². The molecule has 1 aromatic carbocycles. The summed E-state index contributed by atoms with van der Waals surface area (Å²) in [5.41, 5.74) is 0.853. The zero-order chi connectivity index (χ0) is 23.9. The van der Waals surface area contributed by atoms with Crippen LogP contribution in [0.4, 0.5) is 4.39 Å². The van der Waals surface area contributed by atoms with Gasteiger partial charge in [0.25, 0.3) is 0 Å². The minimum atomic E-state index is -0.303. The molecular formula is C27H37FN2O2S. The fourth-order valence-electron chi connectivity index (χ4n) is 3.70. The van der Waals surface area contributed by atoms with Crippen LogP contribution in [0.2, 0.25) is 0 Å². The van der Waals surface area contributed by atoms with Crippen molar-refractivity contribution < 1.29 is 14.0 Å². The van der Waals surface area contributed by atoms with Crippen LogP contribution in [0.3, 0.4) is 0 Å². The predicted octanol–water partition coefficient (Wildman–Crippen LogP) is 6.57. The van der Waals surface area contributed by atoms with Crippen molar-refractivity contribution in [1.82, 2.24) is 9.80 Å². The van der Waals surface area contributed by atoms with Crippen LogP contribution in [0.25, 0.3) is 0 Å². The number of unbranched alkanes of at least 4 members (excludes halogenated alkanes) is 6. The number of carbonyl (C=O) groups is 2. The molecule has 180 valence electrons. The van der Waals surface area contributed by atoms with Gasteiger partial charge >= 0.3 is 0 Å². The summed E-state index contributed by atoms with van der Waals surface area (Å²) in [6, 6.07) is 10.1. The molecule has 6 heteroatoms. The highest BCUT2D eigenvalue weighted by Gasteiger charge is 2.21. The van der Waals surface area contributed by atoms with Crippen LogP contribution in [0.15, 0.2) is 54.4 Å². The third-order valence-corrected chi connectivity index (χ3v) is 6.45. The van der Waals surface area contributed by atoms with Crippen molar-refractivity contribution >= 4 is 23.2 Å². The maximum atomic E-state index is 13.3. The molecule has 0 aliphatic heterocycles. The molecule has 0 fully saturated rings. The molecule has 0 radical (unpaired) electrons. The molecule has 1 heterocycles. The zero-order valence-electron chi connectivity index (χ0n) is 19.8. The standard InChI is InChI=1S/C27H37FN2O2S/c1-3-5-6-7-8-9-10-13-26(31)29(18-4-2)22-27(32)30(21-25-12-11-19-33-25)20-23-14-16-24(28)17-15-23/h4,11-12,14-17,19H,2-3,5-10,13,18,20-22H2,1H3. The quantitative estimate of drug-likeness (QED) is 0.205. The molecule has 0 saturated carbocycles. The SMILES string of the molecule is C=CCN(CC(=O)N(Cc1ccc(F)cc1)Cc1cccs1)C(=O)CCCCCCCCC. The van der Waals surface area contributed by atoms with Gasteiger partial charge in [0.2, 0.25) is 11.8 Å². The highest BCUT2D eigenvalue weighted by Crippen LogP contribution is 2.16. The van der Waals surface area contributed by atoms with Crippen LogP contribution in [-0.4, -0.2) is 34.7 Å². The lowest BCUT2D eigenvalue weighted by atomic mass is 10.1. The second-order valence-electron chi connectivity index (χ2n) is 8.39. The van der Waals surface area contributed by atoms with Crippen LogP contribution in [0, 0.1) is 5.82 Å². The van der Waals surface area contributed by atoms with Crippen molar-refractivity contribution in [3.63, 3.8) is 0 Å². The minimum Gasteiger partial charge on any atom is -0.332 e. The van der Waals surface area contributed by atoms with E-state index in [0.717, 1.165) is 29.7 Å². The number of carbonyl (C=O) groups excluding carboxylic acids is 2. The van der Waals surface area contributed by atoms with Crippen molar-refractivity contribution in [2.75, 3.05) is 13.1 Å². The predicted molar refractivity (Wildman–Crippen MR) is 134 cm³/mol. The number of rotatable bonds is 16. The van der Waals surface area contributed by atoms with Gasteiger partial charge in [-0.05, 0) is 35.6 Å². The Bertz CT molecular complexity index is 836. The van der Waals surface area contributed by atoms with Gasteiger partial charge in [-0.15, -0.1) is 17.9 Å². The molecule has 2 aromatic rings. The molecule has 2 amide bonds. The molecule has 2 rings (SSSR count). The smallest absolute Gasteiger partial charge is 0.242 e.